The molecule has 0 radical (unpaired) electrons. The van der Waals surface area contributed by atoms with Crippen molar-refractivity contribution < 1.29 is 9.47 Å². The number of pyridine rings is 1. The summed E-state index contributed by atoms with van der Waals surface area (Å²) in [4.78, 5) is 19.1. The first-order valence-electron chi connectivity index (χ1n) is 11.0. The van der Waals surface area contributed by atoms with Crippen molar-refractivity contribution in [2.24, 2.45) is 10.9 Å². The van der Waals surface area contributed by atoms with Crippen LogP contribution >= 0.6 is 0 Å². The molecule has 0 saturated carbocycles. The number of benzene rings is 1. The smallest absolute Gasteiger partial charge is 0.250 e. The Labute approximate surface area is 184 Å². The molecule has 0 spiro atoms. The van der Waals surface area contributed by atoms with E-state index < -0.39 is 0 Å². The molecule has 0 aliphatic carbocycles. The Morgan fingerprint density at radius 3 is 2.71 bits per heavy atom. The number of hydrogen-bond donors (Lipinski definition) is 1. The van der Waals surface area contributed by atoms with Gasteiger partial charge in [-0.05, 0) is 30.5 Å². The van der Waals surface area contributed by atoms with Crippen LogP contribution in [0, 0.1) is 5.92 Å². The molecule has 2 aromatic rings. The first-order valence-corrected chi connectivity index (χ1v) is 11.0. The van der Waals surface area contributed by atoms with Gasteiger partial charge in [-0.3, -0.25) is 4.79 Å². The van der Waals surface area contributed by atoms with E-state index >= 15 is 0 Å². The molecule has 0 bridgehead atoms. The van der Waals surface area contributed by atoms with Gasteiger partial charge in [0.15, 0.2) is 5.96 Å². The maximum absolute atomic E-state index is 11.9. The molecule has 3 rings (SSSR count). The van der Waals surface area contributed by atoms with Gasteiger partial charge in [-0.1, -0.05) is 30.3 Å². The lowest BCUT2D eigenvalue weighted by Crippen LogP contribution is -2.40. The number of likely N-dealkylation sites (tertiary alicyclic amines) is 1. The summed E-state index contributed by atoms with van der Waals surface area (Å²) in [6, 6.07) is 13.5. The van der Waals surface area contributed by atoms with Crippen molar-refractivity contribution in [3.8, 4) is 0 Å². The SMILES string of the molecule is CCNC(=NCc1ccc(Cn2ccccc2=O)cc1)N1CCC(COCCOC)C1. The molecule has 1 unspecified atom stereocenters. The zero-order chi connectivity index (χ0) is 21.9. The Kier molecular flexibility index (Phi) is 9.12. The number of guanidine groups is 1. The van der Waals surface area contributed by atoms with Crippen LogP contribution < -0.4 is 10.9 Å². The van der Waals surface area contributed by atoms with Gasteiger partial charge in [0.05, 0.1) is 32.9 Å². The predicted octanol–water partition coefficient (Wildman–Crippen LogP) is 2.35. The van der Waals surface area contributed by atoms with E-state index in [1.165, 1.54) is 0 Å². The zero-order valence-electron chi connectivity index (χ0n) is 18.6. The van der Waals surface area contributed by atoms with Gasteiger partial charge in [-0.2, -0.15) is 0 Å². The molecule has 7 nitrogen and oxygen atoms in total. The average molecular weight is 427 g/mol. The van der Waals surface area contributed by atoms with Crippen LogP contribution in [-0.4, -0.2) is 62.0 Å². The van der Waals surface area contributed by atoms with Crippen LogP contribution in [0.15, 0.2) is 58.4 Å². The van der Waals surface area contributed by atoms with Crippen LogP contribution in [0.1, 0.15) is 24.5 Å². The standard InChI is InChI=1S/C24H34N4O3/c1-3-25-24(28-13-11-22(18-28)19-31-15-14-30-2)26-16-20-7-9-21(10-8-20)17-27-12-5-4-6-23(27)29/h4-10,12,22H,3,11,13-19H2,1-2H3,(H,25,26). The maximum atomic E-state index is 11.9. The summed E-state index contributed by atoms with van der Waals surface area (Å²) in [5.41, 5.74) is 2.27. The van der Waals surface area contributed by atoms with Crippen molar-refractivity contribution in [1.29, 1.82) is 0 Å². The molecule has 1 fully saturated rings. The number of aromatic nitrogens is 1. The molecular formula is C24H34N4O3. The van der Waals surface area contributed by atoms with Crippen LogP contribution in [0.25, 0.3) is 0 Å². The highest BCUT2D eigenvalue weighted by atomic mass is 16.5. The highest BCUT2D eigenvalue weighted by Gasteiger charge is 2.24. The Balaban J connectivity index is 1.54. The van der Waals surface area contributed by atoms with Gasteiger partial charge >= 0.3 is 0 Å². The number of hydrogen-bond acceptors (Lipinski definition) is 4. The van der Waals surface area contributed by atoms with Crippen LogP contribution in [-0.2, 0) is 22.6 Å². The summed E-state index contributed by atoms with van der Waals surface area (Å²) < 4.78 is 12.4. The third-order valence-electron chi connectivity index (χ3n) is 5.39. The molecule has 7 heteroatoms. The van der Waals surface area contributed by atoms with E-state index in [2.05, 4.69) is 41.4 Å². The van der Waals surface area contributed by atoms with Gasteiger partial charge in [0.1, 0.15) is 0 Å². The highest BCUT2D eigenvalue weighted by Crippen LogP contribution is 2.17. The highest BCUT2D eigenvalue weighted by molar-refractivity contribution is 5.80. The topological polar surface area (TPSA) is 68.1 Å². The van der Waals surface area contributed by atoms with Crippen LogP contribution in [0.2, 0.25) is 0 Å². The number of aliphatic imine (C=N–C) groups is 1. The Morgan fingerprint density at radius 1 is 1.16 bits per heavy atom. The number of ether oxygens (including phenoxy) is 2. The summed E-state index contributed by atoms with van der Waals surface area (Å²) >= 11 is 0. The average Bonchev–Trinajstić information content (AvgIpc) is 3.25. The van der Waals surface area contributed by atoms with E-state index in [-0.39, 0.29) is 5.56 Å². The monoisotopic (exact) mass is 426 g/mol. The van der Waals surface area contributed by atoms with E-state index in [1.807, 2.05) is 12.3 Å². The Hall–Kier alpha value is -2.64. The maximum Gasteiger partial charge on any atom is 0.250 e. The molecule has 31 heavy (non-hydrogen) atoms. The lowest BCUT2D eigenvalue weighted by atomic mass is 10.1. The van der Waals surface area contributed by atoms with Gasteiger partial charge in [-0.25, -0.2) is 4.99 Å². The molecule has 1 aliphatic rings. The Bertz CT molecular complexity index is 879. The molecule has 168 valence electrons. The largest absolute Gasteiger partial charge is 0.382 e. The molecule has 1 N–H and O–H groups in total. The number of methoxy groups -OCH3 is 1. The van der Waals surface area contributed by atoms with Gasteiger partial charge in [0.2, 0.25) is 0 Å². The minimum atomic E-state index is 0.0134. The van der Waals surface area contributed by atoms with Crippen molar-refractivity contribution in [2.45, 2.75) is 26.4 Å². The molecule has 1 atom stereocenters. The van der Waals surface area contributed by atoms with E-state index in [9.17, 15) is 4.79 Å². The van der Waals surface area contributed by atoms with Crippen LogP contribution in [0.5, 0.6) is 0 Å². The van der Waals surface area contributed by atoms with Crippen LogP contribution in [0.4, 0.5) is 0 Å². The minimum Gasteiger partial charge on any atom is -0.382 e. The van der Waals surface area contributed by atoms with Crippen molar-refractivity contribution in [3.05, 3.63) is 70.1 Å². The summed E-state index contributed by atoms with van der Waals surface area (Å²) in [6.45, 7) is 8.15. The first kappa shape index (κ1) is 23.0. The minimum absolute atomic E-state index is 0.0134. The summed E-state index contributed by atoms with van der Waals surface area (Å²) in [7, 11) is 1.69. The molecule has 2 heterocycles. The second kappa shape index (κ2) is 12.3. The fourth-order valence-corrected chi connectivity index (χ4v) is 3.68. The van der Waals surface area contributed by atoms with Gasteiger partial charge in [0.25, 0.3) is 5.56 Å². The molecular weight excluding hydrogens is 392 g/mol. The molecule has 1 aliphatic heterocycles. The summed E-state index contributed by atoms with van der Waals surface area (Å²) in [5.74, 6) is 1.49. The molecule has 0 amide bonds. The Morgan fingerprint density at radius 2 is 1.97 bits per heavy atom. The number of rotatable bonds is 10. The number of nitrogens with zero attached hydrogens (tertiary/aromatic N) is 3. The normalized spacial score (nSPS) is 16.6. The zero-order valence-corrected chi connectivity index (χ0v) is 18.6. The molecule has 1 saturated heterocycles. The second-order valence-electron chi connectivity index (χ2n) is 7.82. The van der Waals surface area contributed by atoms with Crippen molar-refractivity contribution >= 4 is 5.96 Å². The third-order valence-corrected chi connectivity index (χ3v) is 5.39. The quantitative estimate of drug-likeness (QED) is 0.359. The first-order chi connectivity index (χ1) is 15.2. The fourth-order valence-electron chi connectivity index (χ4n) is 3.68. The van der Waals surface area contributed by atoms with Crippen molar-refractivity contribution in [3.63, 3.8) is 0 Å². The summed E-state index contributed by atoms with van der Waals surface area (Å²) in [6.07, 6.45) is 2.93. The molecule has 1 aromatic carbocycles. The van der Waals surface area contributed by atoms with Gasteiger partial charge < -0.3 is 24.3 Å². The van der Waals surface area contributed by atoms with Crippen LogP contribution in [0.3, 0.4) is 0 Å². The van der Waals surface area contributed by atoms with Gasteiger partial charge in [-0.15, -0.1) is 0 Å². The van der Waals surface area contributed by atoms with Crippen molar-refractivity contribution in [2.75, 3.05) is 46.6 Å². The predicted molar refractivity (Wildman–Crippen MR) is 123 cm³/mol. The molecule has 1 aromatic heterocycles. The lowest BCUT2D eigenvalue weighted by molar-refractivity contribution is 0.0536. The second-order valence-corrected chi connectivity index (χ2v) is 7.82. The van der Waals surface area contributed by atoms with E-state index in [0.717, 1.165) is 49.7 Å². The van der Waals surface area contributed by atoms with E-state index in [4.69, 9.17) is 14.5 Å². The van der Waals surface area contributed by atoms with Crippen molar-refractivity contribution in [1.82, 2.24) is 14.8 Å². The number of nitrogens with one attached hydrogen (secondary N) is 1. The third kappa shape index (κ3) is 7.22. The van der Waals surface area contributed by atoms with Gasteiger partial charge in [0, 0.05) is 44.9 Å². The van der Waals surface area contributed by atoms with E-state index in [1.54, 1.807) is 23.8 Å². The van der Waals surface area contributed by atoms with E-state index in [0.29, 0.717) is 32.2 Å². The summed E-state index contributed by atoms with van der Waals surface area (Å²) in [5, 5.41) is 3.42. The lowest BCUT2D eigenvalue weighted by Gasteiger charge is -2.21. The fraction of sp³-hybridized carbons (Fsp3) is 0.500.